The normalized spacial score (nSPS) is 15.2. The molecule has 322 valence electrons. The van der Waals surface area contributed by atoms with Crippen LogP contribution < -0.4 is 0 Å². The van der Waals surface area contributed by atoms with Gasteiger partial charge in [-0.3, -0.25) is 18.6 Å². The first-order valence-corrected chi connectivity index (χ1v) is 22.5. The van der Waals surface area contributed by atoms with Crippen molar-refractivity contribution in [3.05, 3.63) is 72.9 Å². The summed E-state index contributed by atoms with van der Waals surface area (Å²) in [6, 6.07) is 0. The summed E-state index contributed by atoms with van der Waals surface area (Å²) in [7, 11) is -4.65. The van der Waals surface area contributed by atoms with Crippen LogP contribution in [-0.2, 0) is 32.7 Å². The lowest BCUT2D eigenvalue weighted by Crippen LogP contribution is -2.29. The molecule has 56 heavy (non-hydrogen) atoms. The first kappa shape index (κ1) is 53.4. The van der Waals surface area contributed by atoms with Gasteiger partial charge in [0, 0.05) is 12.8 Å². The number of phosphoric ester groups is 1. The molecule has 0 aromatic rings. The number of ether oxygens (including phenoxy) is 2. The number of aliphatic hydroxyl groups is 3. The second kappa shape index (κ2) is 39.2. The van der Waals surface area contributed by atoms with Crippen LogP contribution in [0.25, 0.3) is 0 Å². The molecule has 0 fully saturated rings. The smallest absolute Gasteiger partial charge is 0.462 e. The summed E-state index contributed by atoms with van der Waals surface area (Å²) in [5.74, 6) is -1.06. The first-order valence-electron chi connectivity index (χ1n) is 21.0. The van der Waals surface area contributed by atoms with E-state index in [0.717, 1.165) is 44.9 Å². The van der Waals surface area contributed by atoms with E-state index in [2.05, 4.69) is 48.8 Å². The van der Waals surface area contributed by atoms with Gasteiger partial charge in [0.1, 0.15) is 12.7 Å². The first-order chi connectivity index (χ1) is 27.1. The van der Waals surface area contributed by atoms with Crippen LogP contribution in [0, 0.1) is 0 Å². The second-order valence-corrected chi connectivity index (χ2v) is 15.3. The summed E-state index contributed by atoms with van der Waals surface area (Å²) in [5, 5.41) is 28.4. The van der Waals surface area contributed by atoms with Crippen molar-refractivity contribution in [3.8, 4) is 0 Å². The molecule has 0 spiro atoms. The quantitative estimate of drug-likeness (QED) is 0.0154. The van der Waals surface area contributed by atoms with Crippen LogP contribution in [0.4, 0.5) is 0 Å². The Morgan fingerprint density at radius 3 is 1.82 bits per heavy atom. The summed E-state index contributed by atoms with van der Waals surface area (Å²) in [6.45, 7) is 2.13. The number of aliphatic hydroxyl groups excluding tert-OH is 3. The number of hydrogen-bond donors (Lipinski definition) is 4. The number of allylic oxidation sites excluding steroid dienone is 10. The van der Waals surface area contributed by atoms with Crippen LogP contribution in [0.15, 0.2) is 72.9 Å². The van der Waals surface area contributed by atoms with Gasteiger partial charge in [-0.15, -0.1) is 0 Å². The lowest BCUT2D eigenvalue weighted by atomic mass is 10.1. The number of hydrogen-bond acceptors (Lipinski definition) is 10. The third-order valence-electron chi connectivity index (χ3n) is 8.44. The van der Waals surface area contributed by atoms with Gasteiger partial charge in [-0.2, -0.15) is 0 Å². The van der Waals surface area contributed by atoms with E-state index in [1.54, 1.807) is 6.08 Å². The molecular weight excluding hydrogens is 735 g/mol. The molecule has 0 aromatic carbocycles. The molecule has 0 aliphatic heterocycles. The molecule has 0 aliphatic carbocycles. The molecule has 0 saturated carbocycles. The summed E-state index contributed by atoms with van der Waals surface area (Å²) in [4.78, 5) is 34.9. The van der Waals surface area contributed by atoms with Crippen molar-refractivity contribution < 1.29 is 52.9 Å². The number of carbonyl (C=O) groups excluding carboxylic acids is 2. The second-order valence-electron chi connectivity index (χ2n) is 13.9. The Bertz CT molecular complexity index is 1180. The van der Waals surface area contributed by atoms with E-state index in [1.807, 2.05) is 36.5 Å². The van der Waals surface area contributed by atoms with Crippen LogP contribution in [0.2, 0.25) is 0 Å². The van der Waals surface area contributed by atoms with Gasteiger partial charge in [-0.25, -0.2) is 4.57 Å². The van der Waals surface area contributed by atoms with E-state index in [4.69, 9.17) is 19.1 Å². The third kappa shape index (κ3) is 38.3. The van der Waals surface area contributed by atoms with Gasteiger partial charge in [0.05, 0.1) is 25.9 Å². The predicted octanol–water partition coefficient (Wildman–Crippen LogP) is 9.86. The molecule has 4 atom stereocenters. The molecular formula is C44H75O11P. The topological polar surface area (TPSA) is 169 Å². The van der Waals surface area contributed by atoms with Gasteiger partial charge >= 0.3 is 19.8 Å². The van der Waals surface area contributed by atoms with Crippen molar-refractivity contribution in [2.75, 3.05) is 26.4 Å². The van der Waals surface area contributed by atoms with E-state index < -0.39 is 57.9 Å². The van der Waals surface area contributed by atoms with Gasteiger partial charge < -0.3 is 29.7 Å². The van der Waals surface area contributed by atoms with Gasteiger partial charge in [-0.1, -0.05) is 138 Å². The van der Waals surface area contributed by atoms with E-state index in [0.29, 0.717) is 32.1 Å². The van der Waals surface area contributed by atoms with Crippen molar-refractivity contribution >= 4 is 19.8 Å². The fraction of sp³-hybridized carbons (Fsp3) is 0.682. The van der Waals surface area contributed by atoms with Gasteiger partial charge in [0.25, 0.3) is 0 Å². The van der Waals surface area contributed by atoms with Crippen molar-refractivity contribution in [3.63, 3.8) is 0 Å². The molecule has 12 heteroatoms. The van der Waals surface area contributed by atoms with Crippen LogP contribution >= 0.6 is 7.82 Å². The zero-order chi connectivity index (χ0) is 41.4. The molecule has 0 aromatic heterocycles. The minimum Gasteiger partial charge on any atom is -0.462 e. The Morgan fingerprint density at radius 2 is 1.14 bits per heavy atom. The highest BCUT2D eigenvalue weighted by Crippen LogP contribution is 2.43. The Balaban J connectivity index is 4.52. The summed E-state index contributed by atoms with van der Waals surface area (Å²) < 4.78 is 32.6. The van der Waals surface area contributed by atoms with Crippen molar-refractivity contribution in [1.82, 2.24) is 0 Å². The molecule has 1 unspecified atom stereocenters. The van der Waals surface area contributed by atoms with E-state index in [1.165, 1.54) is 44.9 Å². The Kier molecular flexibility index (Phi) is 37.4. The fourth-order valence-corrected chi connectivity index (χ4v) is 5.90. The number of rotatable bonds is 38. The zero-order valence-electron chi connectivity index (χ0n) is 34.4. The minimum absolute atomic E-state index is 0.125. The van der Waals surface area contributed by atoms with Crippen molar-refractivity contribution in [2.24, 2.45) is 0 Å². The number of phosphoric acid groups is 1. The van der Waals surface area contributed by atoms with Crippen LogP contribution in [0.1, 0.15) is 149 Å². The lowest BCUT2D eigenvalue weighted by Gasteiger charge is -2.20. The Hall–Kier alpha value is -2.63. The van der Waals surface area contributed by atoms with Crippen LogP contribution in [-0.4, -0.2) is 76.9 Å². The Morgan fingerprint density at radius 1 is 0.607 bits per heavy atom. The zero-order valence-corrected chi connectivity index (χ0v) is 35.3. The highest BCUT2D eigenvalue weighted by atomic mass is 31.2. The highest BCUT2D eigenvalue weighted by molar-refractivity contribution is 7.47. The maximum absolute atomic E-state index is 12.6. The molecule has 0 heterocycles. The van der Waals surface area contributed by atoms with Crippen LogP contribution in [0.3, 0.4) is 0 Å². The third-order valence-corrected chi connectivity index (χ3v) is 9.39. The molecule has 0 radical (unpaired) electrons. The summed E-state index contributed by atoms with van der Waals surface area (Å²) in [6.07, 6.45) is 40.4. The van der Waals surface area contributed by atoms with E-state index in [-0.39, 0.29) is 19.4 Å². The monoisotopic (exact) mass is 811 g/mol. The van der Waals surface area contributed by atoms with Crippen LogP contribution in [0.5, 0.6) is 0 Å². The largest absolute Gasteiger partial charge is 0.472 e. The lowest BCUT2D eigenvalue weighted by molar-refractivity contribution is -0.161. The highest BCUT2D eigenvalue weighted by Gasteiger charge is 2.27. The molecule has 0 saturated heterocycles. The number of esters is 2. The maximum Gasteiger partial charge on any atom is 0.472 e. The SMILES string of the molecule is CCCCC/C=C\C=C/[C@@H](O)C/C=C\C/C=C/CCCC(=O)OC[C@H](COP(=O)(O)OC[C@@H](O)CO)OC(=O)CCCCCCC/C=C\C=C/CCCCCC. The van der Waals surface area contributed by atoms with Gasteiger partial charge in [-0.05, 0) is 70.6 Å². The number of unbranched alkanes of at least 4 members (excludes halogenated alkanes) is 13. The summed E-state index contributed by atoms with van der Waals surface area (Å²) >= 11 is 0. The molecule has 4 N–H and O–H groups in total. The van der Waals surface area contributed by atoms with E-state index in [9.17, 15) is 29.3 Å². The van der Waals surface area contributed by atoms with Crippen molar-refractivity contribution in [2.45, 2.75) is 167 Å². The standard InChI is InChI=1S/C44H75O11P/c1-3-5-7-9-11-12-13-14-15-16-17-18-22-27-31-35-44(49)55-42(39-54-56(50,51)53-37-41(47)36-45)38-52-43(48)34-30-26-23-19-21-25-29-33-40(46)32-28-24-20-10-8-6-4-2/h12-15,19-20,23-25,28-29,32,40-42,45-47H,3-11,16-18,21-22,26-27,30-31,33-39H2,1-2H3,(H,50,51)/b13-12-,15-14-,23-19+,24-20-,29-25-,32-28-/t40-,41+,42-/m1/s1. The molecule has 0 bridgehead atoms. The average molecular weight is 811 g/mol. The predicted molar refractivity (Wildman–Crippen MR) is 225 cm³/mol. The fourth-order valence-electron chi connectivity index (χ4n) is 5.11. The number of carbonyl (C=O) groups is 2. The van der Waals surface area contributed by atoms with Crippen molar-refractivity contribution in [1.29, 1.82) is 0 Å². The van der Waals surface area contributed by atoms with Gasteiger partial charge in [0.2, 0.25) is 0 Å². The molecule has 0 aliphatic rings. The Labute approximate surface area is 338 Å². The minimum atomic E-state index is -4.65. The van der Waals surface area contributed by atoms with E-state index >= 15 is 0 Å². The maximum atomic E-state index is 12.6. The van der Waals surface area contributed by atoms with Gasteiger partial charge in [0.15, 0.2) is 6.10 Å². The molecule has 0 rings (SSSR count). The molecule has 0 amide bonds. The average Bonchev–Trinajstić information content (AvgIpc) is 3.18. The molecule has 11 nitrogen and oxygen atoms in total. The summed E-state index contributed by atoms with van der Waals surface area (Å²) in [5.41, 5.74) is 0.